The second-order valence-electron chi connectivity index (χ2n) is 13.6. The molecule has 18 nitrogen and oxygen atoms in total. The Balaban J connectivity index is 0.735. The van der Waals surface area contributed by atoms with Gasteiger partial charge < -0.3 is 34.3 Å². The van der Waals surface area contributed by atoms with E-state index in [-0.39, 0.29) is 56.3 Å². The summed E-state index contributed by atoms with van der Waals surface area (Å²) in [6.07, 6.45) is 5.18. The highest BCUT2D eigenvalue weighted by Gasteiger charge is 2.45. The number of rotatable bonds is 15. The van der Waals surface area contributed by atoms with E-state index in [2.05, 4.69) is 48.2 Å². The number of nitrogens with one attached hydrogen (secondary N) is 3. The van der Waals surface area contributed by atoms with Crippen LogP contribution < -0.4 is 20.9 Å². The van der Waals surface area contributed by atoms with E-state index in [9.17, 15) is 24.0 Å². The van der Waals surface area contributed by atoms with Gasteiger partial charge in [0.1, 0.15) is 24.7 Å². The fraction of sp³-hybridized carbons (Fsp3) is 0.333. The maximum atomic E-state index is 13.2. The average Bonchev–Trinajstić information content (AvgIpc) is 4.00. The molecule has 1 atom stereocenters. The lowest BCUT2D eigenvalue weighted by molar-refractivity contribution is -0.137. The van der Waals surface area contributed by atoms with Crippen molar-refractivity contribution < 1.29 is 37.9 Å². The molecule has 1 unspecified atom stereocenters. The van der Waals surface area contributed by atoms with Gasteiger partial charge in [0.2, 0.25) is 23.7 Å². The third kappa shape index (κ3) is 7.90. The van der Waals surface area contributed by atoms with E-state index in [1.807, 2.05) is 28.7 Å². The number of nitrogens with zero attached hydrogens (tertiary/aromatic N) is 7. The van der Waals surface area contributed by atoms with E-state index >= 15 is 0 Å². The van der Waals surface area contributed by atoms with Crippen molar-refractivity contribution in [2.45, 2.75) is 25.4 Å². The Bertz CT molecular complexity index is 2290. The zero-order valence-electron chi connectivity index (χ0n) is 30.9. The normalized spacial score (nSPS) is 17.0. The maximum Gasteiger partial charge on any atom is 0.264 e. The van der Waals surface area contributed by atoms with Gasteiger partial charge in [-0.1, -0.05) is 18.2 Å². The van der Waals surface area contributed by atoms with Crippen LogP contribution in [0.5, 0.6) is 0 Å². The summed E-state index contributed by atoms with van der Waals surface area (Å²) >= 11 is 0. The third-order valence-corrected chi connectivity index (χ3v) is 10.1. The number of amides is 5. The number of piperazine rings is 1. The molecule has 2 saturated heterocycles. The van der Waals surface area contributed by atoms with Crippen LogP contribution in [-0.4, -0.2) is 124 Å². The summed E-state index contributed by atoms with van der Waals surface area (Å²) in [5.41, 5.74) is 4.40. The van der Waals surface area contributed by atoms with Crippen molar-refractivity contribution in [3.8, 4) is 11.1 Å². The molecular weight excluding hydrogens is 736 g/mol. The monoisotopic (exact) mass is 776 g/mol. The summed E-state index contributed by atoms with van der Waals surface area (Å²) in [4.78, 5) is 72.7. The number of ether oxygens (including phenoxy) is 2. The van der Waals surface area contributed by atoms with Gasteiger partial charge in [-0.25, -0.2) is 4.98 Å². The molecule has 3 aromatic heterocycles. The number of piperidine rings is 1. The predicted molar refractivity (Wildman–Crippen MR) is 204 cm³/mol. The summed E-state index contributed by atoms with van der Waals surface area (Å²) in [5.74, 6) is -0.904. The summed E-state index contributed by atoms with van der Waals surface area (Å²) in [5, 5.41) is 17.0. The lowest BCUT2D eigenvalue weighted by Crippen LogP contribution is -2.54. The first kappa shape index (κ1) is 37.3. The number of furan rings is 1. The molecule has 0 aliphatic carbocycles. The average molecular weight is 777 g/mol. The molecule has 5 amide bonds. The largest absolute Gasteiger partial charge is 0.467 e. The zero-order chi connectivity index (χ0) is 39.3. The number of benzene rings is 2. The molecule has 0 bridgehead atoms. The minimum absolute atomic E-state index is 0.0471. The van der Waals surface area contributed by atoms with Crippen molar-refractivity contribution in [2.24, 2.45) is 0 Å². The number of imide groups is 2. The summed E-state index contributed by atoms with van der Waals surface area (Å²) in [6, 6.07) is 15.8. The molecular formula is C39H40N10O8. The van der Waals surface area contributed by atoms with Gasteiger partial charge in [0.25, 0.3) is 11.8 Å². The highest BCUT2D eigenvalue weighted by Crippen LogP contribution is 2.32. The molecule has 18 heteroatoms. The Morgan fingerprint density at radius 1 is 0.895 bits per heavy atom. The van der Waals surface area contributed by atoms with Crippen LogP contribution >= 0.6 is 0 Å². The Morgan fingerprint density at radius 3 is 2.51 bits per heavy atom. The van der Waals surface area contributed by atoms with Gasteiger partial charge in [-0.3, -0.25) is 38.6 Å². The standard InChI is InChI=1S/C39H40N10O8/c50-32-11-10-31(36(52)44-32)49-37(53)28-4-1-5-30(34(28)38(49)54)40-12-18-55-19-20-56-23-33(51)47-15-13-46(14-16-47)26-8-6-25(7-9-26)29-22-42-39(48-24-43-45-35(29)48)41-21-27-3-2-17-57-27/h1-9,17,22,24,31,40H,10-16,18-21,23H2,(H,41,42)(H,44,50,52). The molecule has 0 saturated carbocycles. The fourth-order valence-electron chi connectivity index (χ4n) is 7.19. The topological polar surface area (TPSA) is 206 Å². The van der Waals surface area contributed by atoms with Crippen LogP contribution in [0.4, 0.5) is 17.3 Å². The molecule has 3 aliphatic heterocycles. The lowest BCUT2D eigenvalue weighted by atomic mass is 10.0. The van der Waals surface area contributed by atoms with Crippen LogP contribution in [0, 0.1) is 0 Å². The van der Waals surface area contributed by atoms with Crippen molar-refractivity contribution in [1.29, 1.82) is 0 Å². The van der Waals surface area contributed by atoms with Crippen LogP contribution in [0.3, 0.4) is 0 Å². The van der Waals surface area contributed by atoms with Crippen molar-refractivity contribution in [2.75, 3.05) is 74.7 Å². The molecule has 8 rings (SSSR count). The van der Waals surface area contributed by atoms with E-state index in [1.54, 1.807) is 41.9 Å². The van der Waals surface area contributed by atoms with Crippen LogP contribution in [0.2, 0.25) is 0 Å². The Hall–Kier alpha value is -6.66. The smallest absolute Gasteiger partial charge is 0.264 e. The second kappa shape index (κ2) is 16.6. The zero-order valence-corrected chi connectivity index (χ0v) is 30.9. The SMILES string of the molecule is O=C1CCC(N2C(=O)c3cccc(NCCOCCOCC(=O)N4CCN(c5ccc(-c6cnc(NCc7ccco7)n7cnnc67)cc5)CC4)c3C2=O)C(=O)N1. The van der Waals surface area contributed by atoms with Gasteiger partial charge in [-0.15, -0.1) is 10.2 Å². The third-order valence-electron chi connectivity index (χ3n) is 10.1. The van der Waals surface area contributed by atoms with E-state index < -0.39 is 29.7 Å². The minimum atomic E-state index is -1.03. The van der Waals surface area contributed by atoms with Crippen LogP contribution in [0.15, 0.2) is 77.8 Å². The quantitative estimate of drug-likeness (QED) is 0.103. The van der Waals surface area contributed by atoms with Crippen molar-refractivity contribution >= 4 is 52.5 Å². The van der Waals surface area contributed by atoms with Crippen molar-refractivity contribution in [1.82, 2.24) is 34.7 Å². The summed E-state index contributed by atoms with van der Waals surface area (Å²) < 4.78 is 18.5. The summed E-state index contributed by atoms with van der Waals surface area (Å²) in [7, 11) is 0. The van der Waals surface area contributed by atoms with Gasteiger partial charge in [-0.05, 0) is 48.4 Å². The number of hydrogen-bond acceptors (Lipinski definition) is 14. The second-order valence-corrected chi connectivity index (χ2v) is 13.6. The molecule has 0 spiro atoms. The van der Waals surface area contributed by atoms with E-state index in [1.165, 1.54) is 0 Å². The molecule has 3 N–H and O–H groups in total. The first-order valence-corrected chi connectivity index (χ1v) is 18.7. The number of aromatic nitrogens is 4. The van der Waals surface area contributed by atoms with Gasteiger partial charge >= 0.3 is 0 Å². The van der Waals surface area contributed by atoms with Gasteiger partial charge in [0.05, 0.1) is 43.8 Å². The molecule has 57 heavy (non-hydrogen) atoms. The maximum absolute atomic E-state index is 13.2. The molecule has 294 valence electrons. The number of carbonyl (C=O) groups is 5. The predicted octanol–water partition coefficient (Wildman–Crippen LogP) is 2.19. The van der Waals surface area contributed by atoms with Gasteiger partial charge in [0, 0.05) is 62.3 Å². The van der Waals surface area contributed by atoms with E-state index in [4.69, 9.17) is 13.9 Å². The first-order chi connectivity index (χ1) is 27.9. The van der Waals surface area contributed by atoms with Crippen molar-refractivity contribution in [3.05, 3.63) is 90.3 Å². The van der Waals surface area contributed by atoms with E-state index in [0.29, 0.717) is 56.6 Å². The van der Waals surface area contributed by atoms with Crippen LogP contribution in [0.1, 0.15) is 39.3 Å². The number of fused-ring (bicyclic) bond motifs is 2. The highest BCUT2D eigenvalue weighted by atomic mass is 16.5. The molecule has 2 fully saturated rings. The minimum Gasteiger partial charge on any atom is -0.467 e. The molecule has 6 heterocycles. The Morgan fingerprint density at radius 2 is 1.72 bits per heavy atom. The molecule has 3 aliphatic rings. The van der Waals surface area contributed by atoms with Gasteiger partial charge in [0.15, 0.2) is 5.65 Å². The highest BCUT2D eigenvalue weighted by molar-refractivity contribution is 6.25. The Kier molecular flexibility index (Phi) is 10.9. The molecule has 0 radical (unpaired) electrons. The first-order valence-electron chi connectivity index (χ1n) is 18.7. The molecule has 5 aromatic rings. The van der Waals surface area contributed by atoms with Crippen molar-refractivity contribution in [3.63, 3.8) is 0 Å². The van der Waals surface area contributed by atoms with Gasteiger partial charge in [-0.2, -0.15) is 0 Å². The van der Waals surface area contributed by atoms with Crippen LogP contribution in [-0.2, 0) is 30.4 Å². The van der Waals surface area contributed by atoms with E-state index in [0.717, 1.165) is 27.5 Å². The number of carbonyl (C=O) groups excluding carboxylic acids is 5. The summed E-state index contributed by atoms with van der Waals surface area (Å²) in [6.45, 7) is 4.07. The van der Waals surface area contributed by atoms with Crippen LogP contribution in [0.25, 0.3) is 16.8 Å². The number of anilines is 3. The molecule has 2 aromatic carbocycles. The fourth-order valence-corrected chi connectivity index (χ4v) is 7.19. The number of hydrogen-bond donors (Lipinski definition) is 3. The Labute approximate surface area is 326 Å². The lowest BCUT2D eigenvalue weighted by Gasteiger charge is -2.36.